The molecule has 1 fully saturated rings. The zero-order valence-electron chi connectivity index (χ0n) is 11.6. The van der Waals surface area contributed by atoms with Crippen LogP contribution in [-0.2, 0) is 4.43 Å². The fourth-order valence-electron chi connectivity index (χ4n) is 2.77. The topological polar surface area (TPSA) is 9.23 Å². The zero-order valence-corrected chi connectivity index (χ0v) is 14.2. The highest BCUT2D eigenvalue weighted by Gasteiger charge is 2.47. The summed E-state index contributed by atoms with van der Waals surface area (Å²) in [5, 5.41) is 1.44. The lowest BCUT2D eigenvalue weighted by Crippen LogP contribution is -2.55. The Bertz CT molecular complexity index is 406. The van der Waals surface area contributed by atoms with Crippen LogP contribution in [0.2, 0.25) is 6.04 Å². The van der Waals surface area contributed by atoms with Crippen LogP contribution in [0.4, 0.5) is 0 Å². The van der Waals surface area contributed by atoms with E-state index in [2.05, 4.69) is 65.3 Å². The number of halogens is 1. The van der Waals surface area contributed by atoms with Crippen LogP contribution in [0.5, 0.6) is 0 Å². The van der Waals surface area contributed by atoms with E-state index in [1.165, 1.54) is 30.5 Å². The molecule has 0 spiro atoms. The number of allylic oxidation sites excluding steroid dienone is 1. The van der Waals surface area contributed by atoms with Crippen LogP contribution in [0.3, 0.4) is 0 Å². The molecule has 0 bridgehead atoms. The highest BCUT2D eigenvalue weighted by molar-refractivity contribution is 9.10. The van der Waals surface area contributed by atoms with Gasteiger partial charge in [0.1, 0.15) is 0 Å². The van der Waals surface area contributed by atoms with E-state index < -0.39 is 8.32 Å². The molecule has 2 rings (SSSR count). The normalized spacial score (nSPS) is 27.2. The summed E-state index contributed by atoms with van der Waals surface area (Å²) in [7, 11) is -1.81. The summed E-state index contributed by atoms with van der Waals surface area (Å²) in [6.45, 7) is 2.97. The molecule has 19 heavy (non-hydrogen) atoms. The summed E-state index contributed by atoms with van der Waals surface area (Å²) < 4.78 is 7.00. The maximum absolute atomic E-state index is 6.44. The average molecular weight is 339 g/mol. The number of unbranched alkanes of at least 4 members (excludes halogenated alkanes) is 1. The van der Waals surface area contributed by atoms with E-state index >= 15 is 0 Å². The van der Waals surface area contributed by atoms with Gasteiger partial charge in [0, 0.05) is 4.45 Å². The minimum atomic E-state index is -1.81. The van der Waals surface area contributed by atoms with E-state index in [0.29, 0.717) is 4.45 Å². The molecule has 0 radical (unpaired) electrons. The first-order valence-electron chi connectivity index (χ1n) is 7.28. The van der Waals surface area contributed by atoms with Crippen molar-refractivity contribution in [1.29, 1.82) is 0 Å². The molecule has 0 aliphatic carbocycles. The predicted octanol–water partition coefficient (Wildman–Crippen LogP) is 4.31. The molecule has 0 saturated carbocycles. The van der Waals surface area contributed by atoms with Crippen LogP contribution in [0.15, 0.2) is 42.5 Å². The minimum absolute atomic E-state index is 0.557. The molecule has 3 heteroatoms. The van der Waals surface area contributed by atoms with Crippen LogP contribution in [-0.4, -0.2) is 19.4 Å². The van der Waals surface area contributed by atoms with E-state index in [0.717, 1.165) is 13.0 Å². The molecule has 1 aliphatic heterocycles. The van der Waals surface area contributed by atoms with Gasteiger partial charge in [0.05, 0.1) is 6.61 Å². The van der Waals surface area contributed by atoms with Gasteiger partial charge in [-0.05, 0) is 24.1 Å². The third kappa shape index (κ3) is 3.59. The third-order valence-corrected chi connectivity index (χ3v) is 10.9. The van der Waals surface area contributed by atoms with Gasteiger partial charge >= 0.3 is 0 Å². The number of hydrogen-bond donors (Lipinski definition) is 0. The van der Waals surface area contributed by atoms with E-state index in [1.807, 2.05) is 0 Å². The Balaban J connectivity index is 2.08. The van der Waals surface area contributed by atoms with Gasteiger partial charge in [0.2, 0.25) is 8.32 Å². The van der Waals surface area contributed by atoms with Crippen molar-refractivity contribution in [3.63, 3.8) is 0 Å². The lowest BCUT2D eigenvalue weighted by Gasteiger charge is -2.30. The number of benzene rings is 1. The van der Waals surface area contributed by atoms with Crippen LogP contribution in [0, 0.1) is 0 Å². The van der Waals surface area contributed by atoms with Crippen molar-refractivity contribution in [3.05, 3.63) is 42.5 Å². The zero-order chi connectivity index (χ0) is 13.6. The second kappa shape index (κ2) is 7.41. The van der Waals surface area contributed by atoms with Gasteiger partial charge in [0.25, 0.3) is 0 Å². The molecule has 2 unspecified atom stereocenters. The van der Waals surface area contributed by atoms with Crippen molar-refractivity contribution < 1.29 is 4.43 Å². The summed E-state index contributed by atoms with van der Waals surface area (Å²) >= 11 is 3.89. The first kappa shape index (κ1) is 15.0. The van der Waals surface area contributed by atoms with Gasteiger partial charge in [-0.25, -0.2) is 0 Å². The Labute approximate surface area is 126 Å². The molecule has 1 saturated heterocycles. The molecule has 2 atom stereocenters. The minimum Gasteiger partial charge on any atom is -0.408 e. The van der Waals surface area contributed by atoms with Gasteiger partial charge in [-0.2, -0.15) is 0 Å². The van der Waals surface area contributed by atoms with E-state index in [1.54, 1.807) is 0 Å². The van der Waals surface area contributed by atoms with Gasteiger partial charge < -0.3 is 4.43 Å². The predicted molar refractivity (Wildman–Crippen MR) is 88.6 cm³/mol. The Kier molecular flexibility index (Phi) is 5.86. The van der Waals surface area contributed by atoms with Crippen molar-refractivity contribution in [2.24, 2.45) is 0 Å². The van der Waals surface area contributed by atoms with E-state index in [4.69, 9.17) is 4.43 Å². The highest BCUT2D eigenvalue weighted by Crippen LogP contribution is 2.35. The lowest BCUT2D eigenvalue weighted by molar-refractivity contribution is 0.355. The molecule has 1 heterocycles. The summed E-state index contributed by atoms with van der Waals surface area (Å²) in [5.41, 5.74) is 0. The summed E-state index contributed by atoms with van der Waals surface area (Å²) in [6, 6.07) is 12.1. The molecular formula is C16H23BrOSi. The van der Waals surface area contributed by atoms with Crippen molar-refractivity contribution in [2.75, 3.05) is 6.61 Å². The Hall–Kier alpha value is -0.383. The van der Waals surface area contributed by atoms with Crippen LogP contribution in [0.25, 0.3) is 0 Å². The second-order valence-corrected chi connectivity index (χ2v) is 11.0. The SMILES string of the molecule is CCC/C=C\CO[Si]1(c2ccccc2)CCCC1Br. The standard InChI is InChI=1S/C16H23BrOSi/c1-2-3-4-8-13-18-19(14-9-12-16(19)17)15-10-6-5-7-11-15/h4-8,10-11,16H,2-3,9,12-14H2,1H3/b8-4-. The third-order valence-electron chi connectivity index (χ3n) is 3.83. The number of rotatable bonds is 6. The molecule has 1 aliphatic rings. The molecule has 1 aromatic carbocycles. The van der Waals surface area contributed by atoms with Crippen LogP contribution >= 0.6 is 15.9 Å². The van der Waals surface area contributed by atoms with Crippen molar-refractivity contribution in [3.8, 4) is 0 Å². The second-order valence-electron chi connectivity index (χ2n) is 5.19. The number of alkyl halides is 1. The lowest BCUT2D eigenvalue weighted by atomic mass is 10.3. The van der Waals surface area contributed by atoms with Crippen molar-refractivity contribution >= 4 is 29.4 Å². The molecule has 0 aromatic heterocycles. The average Bonchev–Trinajstić information content (AvgIpc) is 2.82. The largest absolute Gasteiger partial charge is 0.408 e. The Morgan fingerprint density at radius 3 is 2.74 bits per heavy atom. The summed E-state index contributed by atoms with van der Waals surface area (Å²) in [4.78, 5) is 0. The maximum Gasteiger partial charge on any atom is 0.238 e. The fraction of sp³-hybridized carbons (Fsp3) is 0.500. The van der Waals surface area contributed by atoms with Gasteiger partial charge in [-0.1, -0.05) is 78.2 Å². The van der Waals surface area contributed by atoms with Crippen LogP contribution in [0.1, 0.15) is 32.6 Å². The Morgan fingerprint density at radius 2 is 2.11 bits per heavy atom. The number of hydrogen-bond acceptors (Lipinski definition) is 1. The first-order valence-corrected chi connectivity index (χ1v) is 10.4. The highest BCUT2D eigenvalue weighted by atomic mass is 79.9. The van der Waals surface area contributed by atoms with Crippen molar-refractivity contribution in [2.45, 2.75) is 43.1 Å². The monoisotopic (exact) mass is 338 g/mol. The summed E-state index contributed by atoms with van der Waals surface area (Å²) in [6.07, 6.45) is 9.33. The van der Waals surface area contributed by atoms with E-state index in [9.17, 15) is 0 Å². The Morgan fingerprint density at radius 1 is 1.32 bits per heavy atom. The molecule has 1 nitrogen and oxygen atoms in total. The molecule has 0 N–H and O–H groups in total. The molecule has 104 valence electrons. The molecule has 0 amide bonds. The smallest absolute Gasteiger partial charge is 0.238 e. The van der Waals surface area contributed by atoms with Crippen LogP contribution < -0.4 is 5.19 Å². The van der Waals surface area contributed by atoms with E-state index in [-0.39, 0.29) is 0 Å². The molecular weight excluding hydrogens is 316 g/mol. The molecule has 1 aromatic rings. The maximum atomic E-state index is 6.44. The quantitative estimate of drug-likeness (QED) is 0.426. The van der Waals surface area contributed by atoms with Gasteiger partial charge in [0.15, 0.2) is 0 Å². The van der Waals surface area contributed by atoms with Crippen molar-refractivity contribution in [1.82, 2.24) is 0 Å². The van der Waals surface area contributed by atoms with Gasteiger partial charge in [-0.15, -0.1) is 0 Å². The summed E-state index contributed by atoms with van der Waals surface area (Å²) in [5.74, 6) is 0. The van der Waals surface area contributed by atoms with Gasteiger partial charge in [-0.3, -0.25) is 0 Å². The first-order chi connectivity index (χ1) is 9.29. The fourth-order valence-corrected chi connectivity index (χ4v) is 8.98.